The van der Waals surface area contributed by atoms with Crippen LogP contribution in [0.3, 0.4) is 0 Å². The predicted molar refractivity (Wildman–Crippen MR) is 130 cm³/mol. The van der Waals surface area contributed by atoms with E-state index in [1.807, 2.05) is 24.3 Å². The largest absolute Gasteiger partial charge is 0.497 e. The first kappa shape index (κ1) is 23.8. The maximum atomic E-state index is 14.0. The van der Waals surface area contributed by atoms with E-state index in [0.29, 0.717) is 29.2 Å². The number of anilines is 1. The summed E-state index contributed by atoms with van der Waals surface area (Å²) in [5.74, 6) is 0.0791. The summed E-state index contributed by atoms with van der Waals surface area (Å²) >= 11 is 0. The van der Waals surface area contributed by atoms with Gasteiger partial charge >= 0.3 is 0 Å². The molecule has 1 aliphatic rings. The van der Waals surface area contributed by atoms with Gasteiger partial charge in [0.1, 0.15) is 18.1 Å². The molecule has 0 bridgehead atoms. The maximum Gasteiger partial charge on any atom is 0.265 e. The number of rotatable bonds is 7. The van der Waals surface area contributed by atoms with Gasteiger partial charge in [0.05, 0.1) is 23.7 Å². The van der Waals surface area contributed by atoms with Crippen molar-refractivity contribution in [3.05, 3.63) is 78.1 Å². The van der Waals surface area contributed by atoms with Gasteiger partial charge in [-0.25, -0.2) is 12.8 Å². The van der Waals surface area contributed by atoms with E-state index in [1.165, 1.54) is 24.3 Å². The van der Waals surface area contributed by atoms with E-state index >= 15 is 0 Å². The minimum Gasteiger partial charge on any atom is -0.497 e. The SMILES string of the molecule is COc1ccc([C@H](CC(C)C)NC(=O)CN2c3ccc(F)cc3-c3ccccc3S2(=O)=O)cc1. The molecule has 0 spiro atoms. The van der Waals surface area contributed by atoms with E-state index in [2.05, 4.69) is 19.2 Å². The number of amides is 1. The van der Waals surface area contributed by atoms with Gasteiger partial charge in [0.15, 0.2) is 0 Å². The summed E-state index contributed by atoms with van der Waals surface area (Å²) in [6, 6.07) is 17.5. The van der Waals surface area contributed by atoms with Gasteiger partial charge in [-0.15, -0.1) is 0 Å². The molecule has 8 heteroatoms. The highest BCUT2D eigenvalue weighted by Gasteiger charge is 2.36. The summed E-state index contributed by atoms with van der Waals surface area (Å²) in [7, 11) is -2.42. The van der Waals surface area contributed by atoms with Gasteiger partial charge in [-0.2, -0.15) is 0 Å². The molecule has 1 atom stereocenters. The van der Waals surface area contributed by atoms with Crippen molar-refractivity contribution in [2.45, 2.75) is 31.2 Å². The summed E-state index contributed by atoms with van der Waals surface area (Å²) in [4.78, 5) is 13.2. The summed E-state index contributed by atoms with van der Waals surface area (Å²) in [5, 5.41) is 2.99. The lowest BCUT2D eigenvalue weighted by atomic mass is 9.97. The Morgan fingerprint density at radius 3 is 2.41 bits per heavy atom. The molecule has 3 aromatic carbocycles. The maximum absolute atomic E-state index is 14.0. The molecule has 1 aliphatic heterocycles. The van der Waals surface area contributed by atoms with Crippen molar-refractivity contribution in [1.29, 1.82) is 0 Å². The molecule has 3 aromatic rings. The van der Waals surface area contributed by atoms with Crippen LogP contribution in [0.25, 0.3) is 11.1 Å². The van der Waals surface area contributed by atoms with Crippen molar-refractivity contribution in [1.82, 2.24) is 5.32 Å². The molecule has 6 nitrogen and oxygen atoms in total. The second-order valence-corrected chi connectivity index (χ2v) is 10.5. The molecule has 0 radical (unpaired) electrons. The van der Waals surface area contributed by atoms with Crippen LogP contribution >= 0.6 is 0 Å². The normalized spacial score (nSPS) is 14.8. The van der Waals surface area contributed by atoms with E-state index in [4.69, 9.17) is 4.74 Å². The molecule has 1 heterocycles. The first-order valence-corrected chi connectivity index (χ1v) is 12.5. The topological polar surface area (TPSA) is 75.7 Å². The highest BCUT2D eigenvalue weighted by atomic mass is 32.2. The fourth-order valence-corrected chi connectivity index (χ4v) is 5.88. The zero-order valence-electron chi connectivity index (χ0n) is 19.3. The molecule has 0 aliphatic carbocycles. The number of halogens is 1. The molecule has 0 saturated heterocycles. The Balaban J connectivity index is 1.65. The van der Waals surface area contributed by atoms with Crippen molar-refractivity contribution in [2.24, 2.45) is 5.92 Å². The number of hydrogen-bond acceptors (Lipinski definition) is 4. The molecule has 1 N–H and O–H groups in total. The molecule has 0 fully saturated rings. The lowest BCUT2D eigenvalue weighted by Crippen LogP contribution is -2.43. The van der Waals surface area contributed by atoms with Crippen LogP contribution in [0.4, 0.5) is 10.1 Å². The fraction of sp³-hybridized carbons (Fsp3) is 0.269. The van der Waals surface area contributed by atoms with Crippen LogP contribution in [0, 0.1) is 11.7 Å². The van der Waals surface area contributed by atoms with Crippen molar-refractivity contribution in [2.75, 3.05) is 18.0 Å². The Morgan fingerprint density at radius 2 is 1.74 bits per heavy atom. The number of nitrogens with zero attached hydrogens (tertiary/aromatic N) is 1. The zero-order valence-corrected chi connectivity index (χ0v) is 20.1. The standard InChI is InChI=1S/C26H27FN2O4S/c1-17(2)14-23(18-8-11-20(33-3)12-9-18)28-26(30)16-29-24-13-10-19(27)15-22(24)21-6-4-5-7-25(21)34(29,31)32/h4-13,15,17,23H,14,16H2,1-3H3,(H,28,30)/t23-/m0/s1. The number of nitrogens with one attached hydrogen (secondary N) is 1. The van der Waals surface area contributed by atoms with E-state index in [1.54, 1.807) is 25.3 Å². The third kappa shape index (κ3) is 4.63. The van der Waals surface area contributed by atoms with Crippen molar-refractivity contribution in [3.63, 3.8) is 0 Å². The molecule has 34 heavy (non-hydrogen) atoms. The quantitative estimate of drug-likeness (QED) is 0.519. The Morgan fingerprint density at radius 1 is 1.03 bits per heavy atom. The highest BCUT2D eigenvalue weighted by Crippen LogP contribution is 2.43. The van der Waals surface area contributed by atoms with Crippen LogP contribution in [-0.2, 0) is 14.8 Å². The summed E-state index contributed by atoms with van der Waals surface area (Å²) in [5.41, 5.74) is 2.04. The molecule has 0 aromatic heterocycles. The first-order chi connectivity index (χ1) is 16.2. The van der Waals surface area contributed by atoms with Crippen molar-refractivity contribution >= 4 is 21.6 Å². The number of ether oxygens (including phenoxy) is 1. The minimum absolute atomic E-state index is 0.0507. The lowest BCUT2D eigenvalue weighted by molar-refractivity contribution is -0.120. The van der Waals surface area contributed by atoms with Gasteiger partial charge in [0, 0.05) is 11.1 Å². The van der Waals surface area contributed by atoms with Crippen LogP contribution in [0.15, 0.2) is 71.6 Å². The second kappa shape index (κ2) is 9.46. The monoisotopic (exact) mass is 482 g/mol. The molecule has 0 unspecified atom stereocenters. The third-order valence-corrected chi connectivity index (χ3v) is 7.64. The van der Waals surface area contributed by atoms with Gasteiger partial charge in [-0.05, 0) is 54.3 Å². The van der Waals surface area contributed by atoms with Gasteiger partial charge in [0.2, 0.25) is 5.91 Å². The number of hydrogen-bond donors (Lipinski definition) is 1. The van der Waals surface area contributed by atoms with Crippen molar-refractivity contribution in [3.8, 4) is 16.9 Å². The molecule has 1 amide bonds. The number of carbonyl (C=O) groups excluding carboxylic acids is 1. The molecule has 178 valence electrons. The molecule has 4 rings (SSSR count). The van der Waals surface area contributed by atoms with Gasteiger partial charge in [-0.1, -0.05) is 44.2 Å². The van der Waals surface area contributed by atoms with Gasteiger partial charge < -0.3 is 10.1 Å². The molecule has 0 saturated carbocycles. The number of benzene rings is 3. The predicted octanol–water partition coefficient (Wildman–Crippen LogP) is 4.91. The Labute approximate surface area is 199 Å². The number of fused-ring (bicyclic) bond motifs is 3. The van der Waals surface area contributed by atoms with E-state index in [-0.39, 0.29) is 16.6 Å². The van der Waals surface area contributed by atoms with Crippen LogP contribution in [0.5, 0.6) is 5.75 Å². The van der Waals surface area contributed by atoms with Crippen LogP contribution < -0.4 is 14.4 Å². The summed E-state index contributed by atoms with van der Waals surface area (Å²) < 4.78 is 47.2. The van der Waals surface area contributed by atoms with Gasteiger partial charge in [-0.3, -0.25) is 9.10 Å². The second-order valence-electron chi connectivity index (χ2n) is 8.69. The highest BCUT2D eigenvalue weighted by molar-refractivity contribution is 7.93. The van der Waals surface area contributed by atoms with E-state index in [0.717, 1.165) is 9.87 Å². The number of methoxy groups -OCH3 is 1. The van der Waals surface area contributed by atoms with Gasteiger partial charge in [0.25, 0.3) is 10.0 Å². The molecular formula is C26H27FN2O4S. The summed E-state index contributed by atoms with van der Waals surface area (Å²) in [6.07, 6.45) is 0.676. The lowest BCUT2D eigenvalue weighted by Gasteiger charge is -2.32. The number of sulfonamides is 1. The van der Waals surface area contributed by atoms with Crippen molar-refractivity contribution < 1.29 is 22.3 Å². The average Bonchev–Trinajstić information content (AvgIpc) is 2.81. The molecular weight excluding hydrogens is 455 g/mol. The van der Waals surface area contributed by atoms with Crippen LogP contribution in [0.2, 0.25) is 0 Å². The Hall–Kier alpha value is -3.39. The van der Waals surface area contributed by atoms with Crippen LogP contribution in [0.1, 0.15) is 31.9 Å². The number of carbonyl (C=O) groups is 1. The summed E-state index contributed by atoms with van der Waals surface area (Å²) in [6.45, 7) is 3.69. The van der Waals surface area contributed by atoms with E-state index in [9.17, 15) is 17.6 Å². The fourth-order valence-electron chi connectivity index (χ4n) is 4.23. The minimum atomic E-state index is -4.00. The third-order valence-electron chi connectivity index (χ3n) is 5.82. The smallest absolute Gasteiger partial charge is 0.265 e. The Kier molecular flexibility index (Phi) is 6.61. The first-order valence-electron chi connectivity index (χ1n) is 11.1. The Bertz CT molecular complexity index is 1310. The van der Waals surface area contributed by atoms with E-state index < -0.39 is 28.3 Å². The average molecular weight is 483 g/mol. The van der Waals surface area contributed by atoms with Crippen LogP contribution in [-0.4, -0.2) is 28.0 Å². The zero-order chi connectivity index (χ0) is 24.5.